The monoisotopic (exact) mass is 258 g/mol. The van der Waals surface area contributed by atoms with Crippen molar-refractivity contribution in [1.82, 2.24) is 15.0 Å². The highest BCUT2D eigenvalue weighted by Crippen LogP contribution is 2.27. The number of aromatic nitrogens is 3. The van der Waals surface area contributed by atoms with Crippen LogP contribution in [0.3, 0.4) is 0 Å². The Kier molecular flexibility index (Phi) is 2.74. The third-order valence-electron chi connectivity index (χ3n) is 2.85. The van der Waals surface area contributed by atoms with Crippen LogP contribution in [0.25, 0.3) is 22.3 Å². The number of hydrogen-bond acceptors (Lipinski definition) is 3. The Morgan fingerprint density at radius 1 is 1.33 bits per heavy atom. The van der Waals surface area contributed by atoms with Gasteiger partial charge in [-0.05, 0) is 17.7 Å². The Hall–Kier alpha value is -1.91. The summed E-state index contributed by atoms with van der Waals surface area (Å²) in [5, 5.41) is 1.63. The fourth-order valence-electron chi connectivity index (χ4n) is 1.98. The number of halogens is 1. The molecule has 90 valence electrons. The number of nitrogens with one attached hydrogen (secondary N) is 1. The molecule has 2 aromatic heterocycles. The first-order valence-electron chi connectivity index (χ1n) is 5.56. The van der Waals surface area contributed by atoms with Crippen molar-refractivity contribution in [3.05, 3.63) is 47.4 Å². The van der Waals surface area contributed by atoms with Crippen molar-refractivity contribution in [3.8, 4) is 11.4 Å². The molecule has 0 aliphatic heterocycles. The molecule has 2 heterocycles. The minimum absolute atomic E-state index is 0.420. The van der Waals surface area contributed by atoms with Crippen LogP contribution in [-0.4, -0.2) is 15.0 Å². The number of fused-ring (bicyclic) bond motifs is 1. The zero-order chi connectivity index (χ0) is 12.5. The number of para-hydroxylation sites is 1. The van der Waals surface area contributed by atoms with Crippen LogP contribution in [-0.2, 0) is 6.54 Å². The van der Waals surface area contributed by atoms with Crippen molar-refractivity contribution in [3.63, 3.8) is 0 Å². The van der Waals surface area contributed by atoms with Crippen LogP contribution in [0.4, 0.5) is 0 Å². The highest BCUT2D eigenvalue weighted by Gasteiger charge is 2.10. The van der Waals surface area contributed by atoms with E-state index in [0.29, 0.717) is 11.6 Å². The lowest BCUT2D eigenvalue weighted by atomic mass is 10.1. The van der Waals surface area contributed by atoms with E-state index in [4.69, 9.17) is 17.3 Å². The summed E-state index contributed by atoms with van der Waals surface area (Å²) in [5.74, 6) is 0. The van der Waals surface area contributed by atoms with E-state index in [-0.39, 0.29) is 0 Å². The van der Waals surface area contributed by atoms with Crippen molar-refractivity contribution in [1.29, 1.82) is 0 Å². The molecule has 0 aliphatic rings. The lowest BCUT2D eigenvalue weighted by Crippen LogP contribution is -2.01. The summed E-state index contributed by atoms with van der Waals surface area (Å²) in [6.45, 7) is 0.420. The molecule has 3 aromatic rings. The third-order valence-corrected chi connectivity index (χ3v) is 3.15. The van der Waals surface area contributed by atoms with E-state index in [1.54, 1.807) is 12.5 Å². The number of H-pyrrole nitrogens is 1. The average molecular weight is 259 g/mol. The standard InChI is InChI=1S/C13H11ClN4/c14-10-3-1-2-8-4-9(5-15)13(18-12(8)10)11-6-16-7-17-11/h1-4,6-7H,5,15H2,(H,16,17). The van der Waals surface area contributed by atoms with Crippen LogP contribution >= 0.6 is 11.6 Å². The molecule has 0 spiro atoms. The molecule has 3 N–H and O–H groups in total. The maximum Gasteiger partial charge on any atom is 0.0933 e. The molecule has 0 saturated carbocycles. The molecule has 0 bridgehead atoms. The summed E-state index contributed by atoms with van der Waals surface area (Å²) in [5.41, 5.74) is 9.17. The first-order valence-corrected chi connectivity index (χ1v) is 5.94. The zero-order valence-corrected chi connectivity index (χ0v) is 10.3. The first kappa shape index (κ1) is 11.2. The van der Waals surface area contributed by atoms with Crippen molar-refractivity contribution < 1.29 is 0 Å². The second-order valence-corrected chi connectivity index (χ2v) is 4.38. The molecule has 0 saturated heterocycles. The van der Waals surface area contributed by atoms with Gasteiger partial charge in [0.05, 0.1) is 34.5 Å². The number of aromatic amines is 1. The van der Waals surface area contributed by atoms with Gasteiger partial charge in [-0.15, -0.1) is 0 Å². The highest BCUT2D eigenvalue weighted by atomic mass is 35.5. The van der Waals surface area contributed by atoms with Crippen LogP contribution in [0, 0.1) is 0 Å². The second-order valence-electron chi connectivity index (χ2n) is 3.98. The molecule has 5 heteroatoms. The van der Waals surface area contributed by atoms with Gasteiger partial charge in [-0.1, -0.05) is 23.7 Å². The van der Waals surface area contributed by atoms with Gasteiger partial charge in [-0.2, -0.15) is 0 Å². The normalized spacial score (nSPS) is 11.0. The second kappa shape index (κ2) is 4.40. The van der Waals surface area contributed by atoms with E-state index in [0.717, 1.165) is 27.9 Å². The highest BCUT2D eigenvalue weighted by molar-refractivity contribution is 6.35. The zero-order valence-electron chi connectivity index (χ0n) is 9.52. The van der Waals surface area contributed by atoms with E-state index >= 15 is 0 Å². The quantitative estimate of drug-likeness (QED) is 0.743. The molecular formula is C13H11ClN4. The largest absolute Gasteiger partial charge is 0.343 e. The fraction of sp³-hybridized carbons (Fsp3) is 0.0769. The number of imidazole rings is 1. The molecule has 0 atom stereocenters. The van der Waals surface area contributed by atoms with Gasteiger partial charge in [-0.25, -0.2) is 9.97 Å². The van der Waals surface area contributed by atoms with Gasteiger partial charge in [0.15, 0.2) is 0 Å². The van der Waals surface area contributed by atoms with Gasteiger partial charge in [0.2, 0.25) is 0 Å². The predicted molar refractivity (Wildman–Crippen MR) is 72.2 cm³/mol. The van der Waals surface area contributed by atoms with E-state index in [9.17, 15) is 0 Å². The van der Waals surface area contributed by atoms with Crippen LogP contribution in [0.2, 0.25) is 5.02 Å². The summed E-state index contributed by atoms with van der Waals surface area (Å²) in [7, 11) is 0. The summed E-state index contributed by atoms with van der Waals surface area (Å²) in [4.78, 5) is 11.7. The van der Waals surface area contributed by atoms with Crippen LogP contribution in [0.1, 0.15) is 5.56 Å². The topological polar surface area (TPSA) is 67.6 Å². The van der Waals surface area contributed by atoms with E-state index in [2.05, 4.69) is 15.0 Å². The smallest absolute Gasteiger partial charge is 0.0933 e. The summed E-state index contributed by atoms with van der Waals surface area (Å²) >= 11 is 6.17. The van der Waals surface area contributed by atoms with Crippen LogP contribution < -0.4 is 5.73 Å². The van der Waals surface area contributed by atoms with Gasteiger partial charge in [0.25, 0.3) is 0 Å². The Balaban J connectivity index is 2.33. The van der Waals surface area contributed by atoms with Gasteiger partial charge >= 0.3 is 0 Å². The fourth-order valence-corrected chi connectivity index (χ4v) is 2.20. The Morgan fingerprint density at radius 3 is 2.94 bits per heavy atom. The predicted octanol–water partition coefficient (Wildman–Crippen LogP) is 2.74. The molecule has 0 amide bonds. The van der Waals surface area contributed by atoms with Crippen LogP contribution in [0.5, 0.6) is 0 Å². The lowest BCUT2D eigenvalue weighted by Gasteiger charge is -2.08. The van der Waals surface area contributed by atoms with Gasteiger partial charge < -0.3 is 10.7 Å². The molecular weight excluding hydrogens is 248 g/mol. The van der Waals surface area contributed by atoms with Crippen molar-refractivity contribution in [2.75, 3.05) is 0 Å². The van der Waals surface area contributed by atoms with Crippen molar-refractivity contribution in [2.45, 2.75) is 6.54 Å². The van der Waals surface area contributed by atoms with Crippen molar-refractivity contribution in [2.24, 2.45) is 5.73 Å². The van der Waals surface area contributed by atoms with Gasteiger partial charge in [-0.3, -0.25) is 0 Å². The molecule has 3 rings (SSSR count). The Morgan fingerprint density at radius 2 is 2.22 bits per heavy atom. The SMILES string of the molecule is NCc1cc2cccc(Cl)c2nc1-c1cnc[nH]1. The number of nitrogens with zero attached hydrogens (tertiary/aromatic N) is 2. The number of benzene rings is 1. The minimum atomic E-state index is 0.420. The number of rotatable bonds is 2. The maximum atomic E-state index is 6.17. The van der Waals surface area contributed by atoms with E-state index in [1.165, 1.54) is 0 Å². The molecule has 0 radical (unpaired) electrons. The Bertz CT molecular complexity index is 692. The molecule has 0 unspecified atom stereocenters. The number of pyridine rings is 1. The average Bonchev–Trinajstić information content (AvgIpc) is 2.91. The minimum Gasteiger partial charge on any atom is -0.343 e. The summed E-state index contributed by atoms with van der Waals surface area (Å²) in [6.07, 6.45) is 3.35. The molecule has 1 aromatic carbocycles. The number of nitrogens with two attached hydrogens (primary N) is 1. The molecule has 0 fully saturated rings. The number of hydrogen-bond donors (Lipinski definition) is 2. The van der Waals surface area contributed by atoms with Crippen molar-refractivity contribution >= 4 is 22.5 Å². The summed E-state index contributed by atoms with van der Waals surface area (Å²) < 4.78 is 0. The van der Waals surface area contributed by atoms with E-state index in [1.807, 2.05) is 24.3 Å². The lowest BCUT2D eigenvalue weighted by molar-refractivity contribution is 1.06. The van der Waals surface area contributed by atoms with Gasteiger partial charge in [0, 0.05) is 11.9 Å². The summed E-state index contributed by atoms with van der Waals surface area (Å²) in [6, 6.07) is 7.73. The molecule has 4 nitrogen and oxygen atoms in total. The molecule has 0 aliphatic carbocycles. The molecule has 18 heavy (non-hydrogen) atoms. The van der Waals surface area contributed by atoms with Crippen LogP contribution in [0.15, 0.2) is 36.8 Å². The van der Waals surface area contributed by atoms with E-state index < -0.39 is 0 Å². The van der Waals surface area contributed by atoms with Gasteiger partial charge in [0.1, 0.15) is 0 Å². The first-order chi connectivity index (χ1) is 8.79. The third kappa shape index (κ3) is 1.75. The Labute approximate surface area is 109 Å². The maximum absolute atomic E-state index is 6.17.